The number of anilines is 1. The molecule has 1 N–H and O–H groups in total. The number of nitrogens with zero attached hydrogens (tertiary/aromatic N) is 5. The highest BCUT2D eigenvalue weighted by Gasteiger charge is 2.16. The molecule has 27 heavy (non-hydrogen) atoms. The SMILES string of the molecule is Cc1sc2nc(-n3cccn3)nc(NCc3cccc([N+](=O)[O-])c3)c2c1C. The highest BCUT2D eigenvalue weighted by molar-refractivity contribution is 7.18. The summed E-state index contributed by atoms with van der Waals surface area (Å²) in [5, 5.41) is 19.5. The molecule has 0 saturated carbocycles. The average molecular weight is 380 g/mol. The van der Waals surface area contributed by atoms with Crippen molar-refractivity contribution in [3.05, 3.63) is 68.8 Å². The molecule has 0 aliphatic rings. The minimum Gasteiger partial charge on any atom is -0.365 e. The first-order valence-corrected chi connectivity index (χ1v) is 9.09. The third-order valence-corrected chi connectivity index (χ3v) is 5.41. The van der Waals surface area contributed by atoms with Crippen LogP contribution in [0.2, 0.25) is 0 Å². The molecule has 1 aromatic carbocycles. The molecule has 9 heteroatoms. The van der Waals surface area contributed by atoms with Crippen LogP contribution in [0.15, 0.2) is 42.7 Å². The fourth-order valence-electron chi connectivity index (χ4n) is 2.82. The van der Waals surface area contributed by atoms with Crippen LogP contribution in [-0.2, 0) is 6.54 Å². The van der Waals surface area contributed by atoms with Crippen molar-refractivity contribution in [2.24, 2.45) is 0 Å². The molecule has 0 amide bonds. The van der Waals surface area contributed by atoms with Gasteiger partial charge in [0.1, 0.15) is 10.6 Å². The molecule has 0 unspecified atom stereocenters. The van der Waals surface area contributed by atoms with E-state index in [1.807, 2.05) is 19.1 Å². The highest BCUT2D eigenvalue weighted by atomic mass is 32.1. The predicted molar refractivity (Wildman–Crippen MR) is 104 cm³/mol. The van der Waals surface area contributed by atoms with Gasteiger partial charge in [0.15, 0.2) is 0 Å². The van der Waals surface area contributed by atoms with Gasteiger partial charge in [-0.2, -0.15) is 15.1 Å². The maximum Gasteiger partial charge on any atom is 0.269 e. The molecule has 0 aliphatic carbocycles. The fraction of sp³-hybridized carbons (Fsp3) is 0.167. The van der Waals surface area contributed by atoms with Gasteiger partial charge >= 0.3 is 0 Å². The zero-order valence-corrected chi connectivity index (χ0v) is 15.5. The van der Waals surface area contributed by atoms with Crippen molar-refractivity contribution in [3.63, 3.8) is 0 Å². The van der Waals surface area contributed by atoms with Crippen LogP contribution in [0.4, 0.5) is 11.5 Å². The topological polar surface area (TPSA) is 98.8 Å². The van der Waals surface area contributed by atoms with Gasteiger partial charge in [0.25, 0.3) is 11.6 Å². The Bertz CT molecular complexity index is 1140. The van der Waals surface area contributed by atoms with E-state index in [1.54, 1.807) is 40.5 Å². The summed E-state index contributed by atoms with van der Waals surface area (Å²) < 4.78 is 1.61. The maximum atomic E-state index is 11.0. The number of nitrogens with one attached hydrogen (secondary N) is 1. The lowest BCUT2D eigenvalue weighted by molar-refractivity contribution is -0.384. The van der Waals surface area contributed by atoms with Crippen LogP contribution in [0.25, 0.3) is 16.2 Å². The van der Waals surface area contributed by atoms with E-state index < -0.39 is 4.92 Å². The number of nitro groups is 1. The van der Waals surface area contributed by atoms with Crippen LogP contribution >= 0.6 is 11.3 Å². The largest absolute Gasteiger partial charge is 0.365 e. The number of aromatic nitrogens is 4. The van der Waals surface area contributed by atoms with Crippen molar-refractivity contribution in [1.29, 1.82) is 0 Å². The van der Waals surface area contributed by atoms with Crippen LogP contribution in [-0.4, -0.2) is 24.7 Å². The number of benzene rings is 1. The quantitative estimate of drug-likeness (QED) is 0.415. The Morgan fingerprint density at radius 3 is 2.85 bits per heavy atom. The van der Waals surface area contributed by atoms with Gasteiger partial charge in [-0.05, 0) is 31.0 Å². The first kappa shape index (κ1) is 17.1. The number of thiophene rings is 1. The van der Waals surface area contributed by atoms with Gasteiger partial charge in [-0.15, -0.1) is 11.3 Å². The number of rotatable bonds is 5. The molecular formula is C18H16N6O2S. The summed E-state index contributed by atoms with van der Waals surface area (Å²) >= 11 is 1.61. The van der Waals surface area contributed by atoms with Gasteiger partial charge in [-0.1, -0.05) is 12.1 Å². The zero-order valence-electron chi connectivity index (χ0n) is 14.7. The lowest BCUT2D eigenvalue weighted by Crippen LogP contribution is -2.07. The second-order valence-electron chi connectivity index (χ2n) is 6.07. The molecule has 0 saturated heterocycles. The van der Waals surface area contributed by atoms with Crippen LogP contribution in [0.1, 0.15) is 16.0 Å². The molecule has 0 radical (unpaired) electrons. The number of nitro benzene ring substituents is 1. The Labute approximate surface area is 158 Å². The second-order valence-corrected chi connectivity index (χ2v) is 7.27. The highest BCUT2D eigenvalue weighted by Crippen LogP contribution is 2.34. The fourth-order valence-corrected chi connectivity index (χ4v) is 3.85. The zero-order chi connectivity index (χ0) is 19.0. The van der Waals surface area contributed by atoms with Crippen LogP contribution in [0.5, 0.6) is 0 Å². The summed E-state index contributed by atoms with van der Waals surface area (Å²) in [5.74, 6) is 1.18. The van der Waals surface area contributed by atoms with Gasteiger partial charge in [0.05, 0.1) is 10.3 Å². The number of hydrogen-bond acceptors (Lipinski definition) is 7. The number of aryl methyl sites for hydroxylation is 2. The number of non-ortho nitro benzene ring substituents is 1. The van der Waals surface area contributed by atoms with Gasteiger partial charge in [-0.3, -0.25) is 10.1 Å². The molecule has 3 aromatic heterocycles. The minimum atomic E-state index is -0.394. The first-order chi connectivity index (χ1) is 13.0. The van der Waals surface area contributed by atoms with E-state index in [0.29, 0.717) is 18.3 Å². The van der Waals surface area contributed by atoms with Crippen molar-refractivity contribution in [1.82, 2.24) is 19.7 Å². The molecule has 0 atom stereocenters. The van der Waals surface area contributed by atoms with Gasteiger partial charge in [-0.25, -0.2) is 4.68 Å². The summed E-state index contributed by atoms with van der Waals surface area (Å²) in [4.78, 5) is 21.9. The molecule has 4 aromatic rings. The Morgan fingerprint density at radius 2 is 2.11 bits per heavy atom. The molecule has 0 spiro atoms. The minimum absolute atomic E-state index is 0.0712. The van der Waals surface area contributed by atoms with Crippen molar-refractivity contribution >= 4 is 33.1 Å². The Hall–Kier alpha value is -3.33. The van der Waals surface area contributed by atoms with Gasteiger partial charge < -0.3 is 5.32 Å². The Balaban J connectivity index is 1.73. The molecule has 8 nitrogen and oxygen atoms in total. The van der Waals surface area contributed by atoms with E-state index in [2.05, 4.69) is 27.3 Å². The van der Waals surface area contributed by atoms with Crippen LogP contribution < -0.4 is 5.32 Å². The maximum absolute atomic E-state index is 11.0. The lowest BCUT2D eigenvalue weighted by atomic mass is 10.2. The molecule has 3 heterocycles. The Morgan fingerprint density at radius 1 is 1.26 bits per heavy atom. The predicted octanol–water partition coefficient (Wildman–Crippen LogP) is 4.01. The van der Waals surface area contributed by atoms with E-state index in [0.717, 1.165) is 21.3 Å². The summed E-state index contributed by atoms with van der Waals surface area (Å²) in [7, 11) is 0. The van der Waals surface area contributed by atoms with E-state index in [9.17, 15) is 10.1 Å². The van der Waals surface area contributed by atoms with Crippen molar-refractivity contribution in [3.8, 4) is 5.95 Å². The molecule has 0 bridgehead atoms. The number of hydrogen-bond donors (Lipinski definition) is 1. The summed E-state index contributed by atoms with van der Waals surface area (Å²) in [6.07, 6.45) is 3.47. The van der Waals surface area contributed by atoms with E-state index in [1.165, 1.54) is 10.9 Å². The third kappa shape index (κ3) is 3.24. The van der Waals surface area contributed by atoms with Crippen molar-refractivity contribution in [2.75, 3.05) is 5.32 Å². The van der Waals surface area contributed by atoms with E-state index in [4.69, 9.17) is 0 Å². The van der Waals surface area contributed by atoms with Crippen molar-refractivity contribution < 1.29 is 4.92 Å². The molecule has 0 aliphatic heterocycles. The average Bonchev–Trinajstić information content (AvgIpc) is 3.29. The van der Waals surface area contributed by atoms with E-state index in [-0.39, 0.29) is 5.69 Å². The van der Waals surface area contributed by atoms with Crippen molar-refractivity contribution in [2.45, 2.75) is 20.4 Å². The van der Waals surface area contributed by atoms with Crippen LogP contribution in [0.3, 0.4) is 0 Å². The molecular weight excluding hydrogens is 364 g/mol. The number of fused-ring (bicyclic) bond motifs is 1. The summed E-state index contributed by atoms with van der Waals surface area (Å²) in [5.41, 5.74) is 2.01. The first-order valence-electron chi connectivity index (χ1n) is 8.28. The van der Waals surface area contributed by atoms with E-state index >= 15 is 0 Å². The standard InChI is InChI=1S/C18H16N6O2S/c1-11-12(2)27-17-15(11)16(21-18(22-17)23-8-4-7-20-23)19-10-13-5-3-6-14(9-13)24(25)26/h3-9H,10H2,1-2H3,(H,19,21,22). The molecule has 4 rings (SSSR count). The lowest BCUT2D eigenvalue weighted by Gasteiger charge is -2.10. The van der Waals surface area contributed by atoms with Gasteiger partial charge in [0, 0.05) is 35.9 Å². The smallest absolute Gasteiger partial charge is 0.269 e. The summed E-state index contributed by atoms with van der Waals surface area (Å²) in [6, 6.07) is 8.38. The Kier molecular flexibility index (Phi) is 4.28. The molecule has 136 valence electrons. The molecule has 0 fully saturated rings. The third-order valence-electron chi connectivity index (χ3n) is 4.31. The summed E-state index contributed by atoms with van der Waals surface area (Å²) in [6.45, 7) is 4.52. The normalized spacial score (nSPS) is 11.0. The second kappa shape index (κ2) is 6.76. The monoisotopic (exact) mass is 380 g/mol. The van der Waals surface area contributed by atoms with Crippen LogP contribution in [0, 0.1) is 24.0 Å². The van der Waals surface area contributed by atoms with Gasteiger partial charge in [0.2, 0.25) is 0 Å².